The minimum atomic E-state index is 0.523. The highest BCUT2D eigenvalue weighted by Crippen LogP contribution is 2.28. The fourth-order valence-corrected chi connectivity index (χ4v) is 2.15. The molecule has 0 atom stereocenters. The maximum Gasteiger partial charge on any atom is 0.0487 e. The molecular formula is C15H16ClN. The lowest BCUT2D eigenvalue weighted by molar-refractivity contribution is 1.07. The summed E-state index contributed by atoms with van der Waals surface area (Å²) in [6.07, 6.45) is 1.06. The highest BCUT2D eigenvalue weighted by molar-refractivity contribution is 6.33. The van der Waals surface area contributed by atoms with Gasteiger partial charge in [-0.3, -0.25) is 0 Å². The van der Waals surface area contributed by atoms with Crippen LogP contribution in [0.1, 0.15) is 18.1 Å². The Morgan fingerprint density at radius 3 is 2.18 bits per heavy atom. The van der Waals surface area contributed by atoms with Crippen LogP contribution in [0.4, 0.5) is 0 Å². The number of halogens is 1. The number of rotatable bonds is 3. The SMILES string of the molecule is CCc1ccc(-c2ccc(CN)cc2Cl)cc1. The average Bonchev–Trinajstić information content (AvgIpc) is 2.39. The fourth-order valence-electron chi connectivity index (χ4n) is 1.84. The molecule has 0 fully saturated rings. The zero-order chi connectivity index (χ0) is 12.3. The van der Waals surface area contributed by atoms with Gasteiger partial charge in [-0.1, -0.05) is 54.9 Å². The summed E-state index contributed by atoms with van der Waals surface area (Å²) in [6, 6.07) is 14.5. The van der Waals surface area contributed by atoms with Gasteiger partial charge < -0.3 is 5.73 Å². The summed E-state index contributed by atoms with van der Waals surface area (Å²) in [7, 11) is 0. The van der Waals surface area contributed by atoms with Crippen molar-refractivity contribution in [1.29, 1.82) is 0 Å². The van der Waals surface area contributed by atoms with Crippen molar-refractivity contribution in [2.24, 2.45) is 5.73 Å². The molecule has 2 rings (SSSR count). The summed E-state index contributed by atoms with van der Waals surface area (Å²) in [5.41, 5.74) is 10.2. The van der Waals surface area contributed by atoms with Crippen LogP contribution in [0, 0.1) is 0 Å². The molecule has 0 spiro atoms. The first-order valence-corrected chi connectivity index (χ1v) is 6.20. The molecule has 0 aliphatic heterocycles. The van der Waals surface area contributed by atoms with Crippen molar-refractivity contribution < 1.29 is 0 Å². The van der Waals surface area contributed by atoms with Gasteiger partial charge in [-0.2, -0.15) is 0 Å². The molecule has 88 valence electrons. The molecule has 0 heterocycles. The van der Waals surface area contributed by atoms with Crippen LogP contribution in [0.25, 0.3) is 11.1 Å². The summed E-state index contributed by atoms with van der Waals surface area (Å²) in [4.78, 5) is 0. The minimum absolute atomic E-state index is 0.523. The van der Waals surface area contributed by atoms with E-state index in [2.05, 4.69) is 31.2 Å². The maximum absolute atomic E-state index is 6.26. The Balaban J connectivity index is 2.38. The van der Waals surface area contributed by atoms with E-state index in [1.165, 1.54) is 5.56 Å². The Hall–Kier alpha value is -1.31. The van der Waals surface area contributed by atoms with Gasteiger partial charge in [0.25, 0.3) is 0 Å². The smallest absolute Gasteiger partial charge is 0.0487 e. The van der Waals surface area contributed by atoms with E-state index in [1.807, 2.05) is 18.2 Å². The zero-order valence-corrected chi connectivity index (χ0v) is 10.7. The predicted octanol–water partition coefficient (Wildman–Crippen LogP) is 4.03. The molecule has 0 aromatic heterocycles. The first kappa shape index (κ1) is 12.2. The molecule has 2 N–H and O–H groups in total. The molecule has 0 amide bonds. The van der Waals surface area contributed by atoms with Crippen molar-refractivity contribution in [3.05, 3.63) is 58.6 Å². The van der Waals surface area contributed by atoms with Crippen LogP contribution in [0.5, 0.6) is 0 Å². The van der Waals surface area contributed by atoms with Gasteiger partial charge in [0.2, 0.25) is 0 Å². The van der Waals surface area contributed by atoms with Crippen molar-refractivity contribution in [3.8, 4) is 11.1 Å². The van der Waals surface area contributed by atoms with Crippen LogP contribution >= 0.6 is 11.6 Å². The molecule has 0 unspecified atom stereocenters. The Kier molecular flexibility index (Phi) is 3.82. The minimum Gasteiger partial charge on any atom is -0.326 e. The van der Waals surface area contributed by atoms with Gasteiger partial charge in [0.15, 0.2) is 0 Å². The number of nitrogens with two attached hydrogens (primary N) is 1. The van der Waals surface area contributed by atoms with Gasteiger partial charge in [-0.15, -0.1) is 0 Å². The van der Waals surface area contributed by atoms with Crippen LogP contribution in [-0.2, 0) is 13.0 Å². The second-order valence-corrected chi connectivity index (χ2v) is 4.48. The molecule has 2 aromatic rings. The molecule has 0 radical (unpaired) electrons. The topological polar surface area (TPSA) is 26.0 Å². The Morgan fingerprint density at radius 2 is 1.65 bits per heavy atom. The molecule has 0 aliphatic carbocycles. The van der Waals surface area contributed by atoms with Gasteiger partial charge in [0.05, 0.1) is 0 Å². The standard InChI is InChI=1S/C15H16ClN/c1-2-11-3-6-13(7-4-11)14-8-5-12(10-17)9-15(14)16/h3-9H,2,10,17H2,1H3. The highest BCUT2D eigenvalue weighted by Gasteiger charge is 2.04. The molecule has 0 bridgehead atoms. The Morgan fingerprint density at radius 1 is 1.00 bits per heavy atom. The predicted molar refractivity (Wildman–Crippen MR) is 74.2 cm³/mol. The van der Waals surface area contributed by atoms with E-state index in [0.717, 1.165) is 28.1 Å². The lowest BCUT2D eigenvalue weighted by Crippen LogP contribution is -1.96. The number of hydrogen-bond donors (Lipinski definition) is 1. The van der Waals surface area contributed by atoms with Crippen molar-refractivity contribution in [3.63, 3.8) is 0 Å². The van der Waals surface area contributed by atoms with Gasteiger partial charge in [0, 0.05) is 17.1 Å². The van der Waals surface area contributed by atoms with Crippen LogP contribution < -0.4 is 5.73 Å². The summed E-state index contributed by atoms with van der Waals surface area (Å²) in [5.74, 6) is 0. The third-order valence-corrected chi connectivity index (χ3v) is 3.26. The Labute approximate surface area is 107 Å². The highest BCUT2D eigenvalue weighted by atomic mass is 35.5. The molecule has 2 aromatic carbocycles. The van der Waals surface area contributed by atoms with E-state index >= 15 is 0 Å². The first-order valence-electron chi connectivity index (χ1n) is 5.82. The molecule has 2 heteroatoms. The third-order valence-electron chi connectivity index (χ3n) is 2.94. The van der Waals surface area contributed by atoms with Crippen molar-refractivity contribution in [1.82, 2.24) is 0 Å². The van der Waals surface area contributed by atoms with E-state index in [0.29, 0.717) is 6.54 Å². The van der Waals surface area contributed by atoms with Crippen molar-refractivity contribution in [2.45, 2.75) is 19.9 Å². The summed E-state index contributed by atoms with van der Waals surface area (Å²) in [5, 5.41) is 0.761. The number of benzene rings is 2. The second kappa shape index (κ2) is 5.35. The molecule has 0 saturated heterocycles. The van der Waals surface area contributed by atoms with Gasteiger partial charge >= 0.3 is 0 Å². The largest absolute Gasteiger partial charge is 0.326 e. The van der Waals surface area contributed by atoms with E-state index in [-0.39, 0.29) is 0 Å². The maximum atomic E-state index is 6.26. The molecule has 1 nitrogen and oxygen atoms in total. The van der Waals surface area contributed by atoms with Crippen LogP contribution in [-0.4, -0.2) is 0 Å². The van der Waals surface area contributed by atoms with Gasteiger partial charge in [-0.25, -0.2) is 0 Å². The zero-order valence-electron chi connectivity index (χ0n) is 9.91. The van der Waals surface area contributed by atoms with Crippen molar-refractivity contribution in [2.75, 3.05) is 0 Å². The fraction of sp³-hybridized carbons (Fsp3) is 0.200. The average molecular weight is 246 g/mol. The summed E-state index contributed by atoms with van der Waals surface area (Å²) < 4.78 is 0. The van der Waals surface area contributed by atoms with Crippen LogP contribution in [0.3, 0.4) is 0 Å². The van der Waals surface area contributed by atoms with Crippen molar-refractivity contribution >= 4 is 11.6 Å². The number of aryl methyl sites for hydroxylation is 1. The molecule has 0 aliphatic rings. The normalized spacial score (nSPS) is 10.5. The third kappa shape index (κ3) is 2.68. The molecule has 17 heavy (non-hydrogen) atoms. The summed E-state index contributed by atoms with van der Waals surface area (Å²) in [6.45, 7) is 2.67. The van der Waals surface area contributed by atoms with E-state index in [9.17, 15) is 0 Å². The van der Waals surface area contributed by atoms with Gasteiger partial charge in [0.1, 0.15) is 0 Å². The van der Waals surface area contributed by atoms with E-state index in [4.69, 9.17) is 17.3 Å². The van der Waals surface area contributed by atoms with Crippen LogP contribution in [0.2, 0.25) is 5.02 Å². The Bertz CT molecular complexity index is 503. The first-order chi connectivity index (χ1) is 8.24. The van der Waals surface area contributed by atoms with E-state index < -0.39 is 0 Å². The van der Waals surface area contributed by atoms with E-state index in [1.54, 1.807) is 0 Å². The second-order valence-electron chi connectivity index (χ2n) is 4.07. The van der Waals surface area contributed by atoms with Gasteiger partial charge in [-0.05, 0) is 29.2 Å². The lowest BCUT2D eigenvalue weighted by atomic mass is 10.0. The lowest BCUT2D eigenvalue weighted by Gasteiger charge is -2.07. The monoisotopic (exact) mass is 245 g/mol. The number of hydrogen-bond acceptors (Lipinski definition) is 1. The molecule has 0 saturated carbocycles. The molecular weight excluding hydrogens is 230 g/mol. The summed E-state index contributed by atoms with van der Waals surface area (Å²) >= 11 is 6.26. The van der Waals surface area contributed by atoms with Crippen LogP contribution in [0.15, 0.2) is 42.5 Å². The quantitative estimate of drug-likeness (QED) is 0.868.